The molecule has 1 amide bonds. The fourth-order valence-electron chi connectivity index (χ4n) is 9.23. The molecule has 4 aliphatic rings. The van der Waals surface area contributed by atoms with Crippen LogP contribution in [0, 0.1) is 46.3 Å². The number of rotatable bonds is 7. The van der Waals surface area contributed by atoms with Gasteiger partial charge < -0.3 is 20.3 Å². The zero-order valence-electron chi connectivity index (χ0n) is 21.7. The van der Waals surface area contributed by atoms with Gasteiger partial charge in [0.05, 0.1) is 25.7 Å². The van der Waals surface area contributed by atoms with Crippen molar-refractivity contribution < 1.29 is 24.5 Å². The Hall–Kier alpha value is -1.14. The summed E-state index contributed by atoms with van der Waals surface area (Å²) in [5, 5.41) is 24.5. The van der Waals surface area contributed by atoms with Gasteiger partial charge in [0.2, 0.25) is 5.91 Å². The maximum absolute atomic E-state index is 12.3. The average molecular weight is 478 g/mol. The highest BCUT2D eigenvalue weighted by Gasteiger charge is 2.62. The van der Waals surface area contributed by atoms with Crippen LogP contribution in [0.25, 0.3) is 0 Å². The second kappa shape index (κ2) is 10.1. The lowest BCUT2D eigenvalue weighted by Crippen LogP contribution is -2.58. The van der Waals surface area contributed by atoms with Crippen molar-refractivity contribution in [2.75, 3.05) is 13.7 Å². The molecule has 4 saturated carbocycles. The Kier molecular flexibility index (Phi) is 7.69. The van der Waals surface area contributed by atoms with Crippen LogP contribution < -0.4 is 5.32 Å². The first-order chi connectivity index (χ1) is 16.1. The first-order valence-corrected chi connectivity index (χ1v) is 13.8. The number of hydrogen-bond donors (Lipinski definition) is 3. The quantitative estimate of drug-likeness (QED) is 0.480. The molecule has 0 aromatic carbocycles. The molecule has 6 nitrogen and oxygen atoms in total. The van der Waals surface area contributed by atoms with Gasteiger partial charge in [-0.25, -0.2) is 0 Å². The summed E-state index contributed by atoms with van der Waals surface area (Å²) in [5.41, 5.74) is 0.497. The predicted octanol–water partition coefficient (Wildman–Crippen LogP) is 4.07. The van der Waals surface area contributed by atoms with E-state index < -0.39 is 0 Å². The maximum Gasteiger partial charge on any atom is 0.307 e. The van der Waals surface area contributed by atoms with Crippen LogP contribution in [-0.4, -0.2) is 48.0 Å². The summed E-state index contributed by atoms with van der Waals surface area (Å²) >= 11 is 0. The number of nitrogens with one attached hydrogen (secondary N) is 1. The highest BCUT2D eigenvalue weighted by molar-refractivity contribution is 5.77. The Morgan fingerprint density at radius 1 is 1.00 bits per heavy atom. The molecule has 0 spiro atoms. The molecule has 10 atom stereocenters. The van der Waals surface area contributed by atoms with E-state index in [4.69, 9.17) is 0 Å². The lowest BCUT2D eigenvalue weighted by Gasteiger charge is -2.62. The fourth-order valence-corrected chi connectivity index (χ4v) is 9.23. The normalized spacial score (nSPS) is 44.4. The van der Waals surface area contributed by atoms with E-state index in [2.05, 4.69) is 30.8 Å². The molecular weight excluding hydrogens is 430 g/mol. The molecule has 0 bridgehead atoms. The van der Waals surface area contributed by atoms with Gasteiger partial charge >= 0.3 is 5.97 Å². The van der Waals surface area contributed by atoms with E-state index in [-0.39, 0.29) is 41.3 Å². The van der Waals surface area contributed by atoms with Crippen LogP contribution in [0.1, 0.15) is 91.4 Å². The zero-order chi connectivity index (χ0) is 24.7. The third-order valence-electron chi connectivity index (χ3n) is 11.1. The molecule has 4 rings (SSSR count). The monoisotopic (exact) mass is 477 g/mol. The number of esters is 1. The van der Waals surface area contributed by atoms with Crippen LogP contribution in [0.5, 0.6) is 0 Å². The summed E-state index contributed by atoms with van der Waals surface area (Å²) in [5.74, 6) is 2.73. The second-order valence-electron chi connectivity index (χ2n) is 12.6. The summed E-state index contributed by atoms with van der Waals surface area (Å²) in [6.07, 6.45) is 9.67. The maximum atomic E-state index is 12.3. The minimum Gasteiger partial charge on any atom is -0.469 e. The van der Waals surface area contributed by atoms with Crippen LogP contribution in [-0.2, 0) is 14.3 Å². The summed E-state index contributed by atoms with van der Waals surface area (Å²) < 4.78 is 4.63. The summed E-state index contributed by atoms with van der Waals surface area (Å²) in [7, 11) is 1.36. The Balaban J connectivity index is 1.37. The van der Waals surface area contributed by atoms with Crippen molar-refractivity contribution in [3.63, 3.8) is 0 Å². The van der Waals surface area contributed by atoms with Crippen molar-refractivity contribution in [2.45, 2.75) is 104 Å². The molecule has 3 N–H and O–H groups in total. The number of aliphatic hydroxyl groups is 2. The number of methoxy groups -OCH3 is 1. The van der Waals surface area contributed by atoms with Crippen LogP contribution in [0.2, 0.25) is 0 Å². The van der Waals surface area contributed by atoms with E-state index >= 15 is 0 Å². The summed E-state index contributed by atoms with van der Waals surface area (Å²) in [6, 6.07) is 0. The van der Waals surface area contributed by atoms with Gasteiger partial charge in [-0.2, -0.15) is 0 Å². The van der Waals surface area contributed by atoms with Gasteiger partial charge in [-0.1, -0.05) is 20.8 Å². The summed E-state index contributed by atoms with van der Waals surface area (Å²) in [4.78, 5) is 23.5. The lowest BCUT2D eigenvalue weighted by molar-refractivity contribution is -0.174. The van der Waals surface area contributed by atoms with Crippen LogP contribution in [0.15, 0.2) is 0 Å². The Bertz CT molecular complexity index is 757. The lowest BCUT2D eigenvalue weighted by atomic mass is 9.43. The number of fused-ring (bicyclic) bond motifs is 5. The Morgan fingerprint density at radius 3 is 2.44 bits per heavy atom. The molecule has 0 aromatic rings. The molecule has 0 heterocycles. The highest BCUT2D eigenvalue weighted by atomic mass is 16.5. The second-order valence-corrected chi connectivity index (χ2v) is 12.6. The predicted molar refractivity (Wildman–Crippen MR) is 131 cm³/mol. The van der Waals surface area contributed by atoms with Gasteiger partial charge in [-0.15, -0.1) is 0 Å². The molecule has 4 fully saturated rings. The molecule has 10 unspecified atom stereocenters. The van der Waals surface area contributed by atoms with E-state index in [0.717, 1.165) is 32.1 Å². The number of carbonyl (C=O) groups is 2. The third-order valence-corrected chi connectivity index (χ3v) is 11.1. The number of carbonyl (C=O) groups excluding carboxylic acids is 2. The van der Waals surface area contributed by atoms with Crippen LogP contribution in [0.4, 0.5) is 0 Å². The van der Waals surface area contributed by atoms with Gasteiger partial charge in [-0.3, -0.25) is 9.59 Å². The van der Waals surface area contributed by atoms with Gasteiger partial charge in [-0.05, 0) is 104 Å². The Labute approximate surface area is 205 Å². The highest BCUT2D eigenvalue weighted by Crippen LogP contribution is 2.68. The summed E-state index contributed by atoms with van der Waals surface area (Å²) in [6.45, 7) is 7.58. The van der Waals surface area contributed by atoms with E-state index in [9.17, 15) is 19.8 Å². The number of aliphatic hydroxyl groups excluding tert-OH is 2. The van der Waals surface area contributed by atoms with Crippen molar-refractivity contribution in [2.24, 2.45) is 46.3 Å². The molecular formula is C28H47NO5. The molecule has 0 aliphatic heterocycles. The SMILES string of the molecule is COC(=O)CCNC(=O)CCC(C)C1CCC2C3C(O)CC4CC(O)CCC4(C)C3CCC12C. The smallest absolute Gasteiger partial charge is 0.307 e. The largest absolute Gasteiger partial charge is 0.469 e. The molecule has 34 heavy (non-hydrogen) atoms. The van der Waals surface area contributed by atoms with Crippen molar-refractivity contribution in [3.05, 3.63) is 0 Å². The standard InChI is InChI=1S/C28H47NO5/c1-17(5-8-24(32)29-14-11-25(33)34-4)20-6-7-21-26-22(10-13-28(20,21)3)27(2)12-9-19(30)15-18(27)16-23(26)31/h17-23,26,30-31H,5-16H2,1-4H3,(H,29,32). The molecule has 0 aromatic heterocycles. The van der Waals surface area contributed by atoms with Crippen molar-refractivity contribution in [1.82, 2.24) is 5.32 Å². The number of amides is 1. The number of hydrogen-bond acceptors (Lipinski definition) is 5. The third kappa shape index (κ3) is 4.66. The van der Waals surface area contributed by atoms with Crippen LogP contribution in [0.3, 0.4) is 0 Å². The Morgan fingerprint density at radius 2 is 1.71 bits per heavy atom. The fraction of sp³-hybridized carbons (Fsp3) is 0.929. The van der Waals surface area contributed by atoms with E-state index in [1.807, 2.05) is 0 Å². The van der Waals surface area contributed by atoms with Crippen LogP contribution >= 0.6 is 0 Å². The van der Waals surface area contributed by atoms with E-state index in [1.165, 1.54) is 32.8 Å². The molecule has 194 valence electrons. The van der Waals surface area contributed by atoms with E-state index in [0.29, 0.717) is 48.5 Å². The van der Waals surface area contributed by atoms with Crippen molar-refractivity contribution in [1.29, 1.82) is 0 Å². The first kappa shape index (κ1) is 25.9. The molecule has 0 radical (unpaired) electrons. The van der Waals surface area contributed by atoms with Gasteiger partial charge in [0, 0.05) is 13.0 Å². The zero-order valence-corrected chi connectivity index (χ0v) is 21.7. The minimum atomic E-state index is -0.302. The molecule has 6 heteroatoms. The van der Waals surface area contributed by atoms with Gasteiger partial charge in [0.15, 0.2) is 0 Å². The van der Waals surface area contributed by atoms with E-state index in [1.54, 1.807) is 0 Å². The van der Waals surface area contributed by atoms with Crippen molar-refractivity contribution in [3.8, 4) is 0 Å². The minimum absolute atomic E-state index is 0.0142. The number of ether oxygens (including phenoxy) is 1. The average Bonchev–Trinajstić information content (AvgIpc) is 3.15. The van der Waals surface area contributed by atoms with Crippen molar-refractivity contribution >= 4 is 11.9 Å². The van der Waals surface area contributed by atoms with Gasteiger partial charge in [0.1, 0.15) is 0 Å². The van der Waals surface area contributed by atoms with Gasteiger partial charge in [0.25, 0.3) is 0 Å². The topological polar surface area (TPSA) is 95.9 Å². The molecule has 0 saturated heterocycles. The first-order valence-electron chi connectivity index (χ1n) is 13.8. The molecule has 4 aliphatic carbocycles.